The van der Waals surface area contributed by atoms with Crippen LogP contribution in [0.3, 0.4) is 0 Å². The molecule has 2 saturated heterocycles. The number of hydrogen-bond donors (Lipinski definition) is 3. The van der Waals surface area contributed by atoms with Crippen LogP contribution in [0.15, 0.2) is 24.3 Å². The largest absolute Gasteiger partial charge is 0.325 e. The van der Waals surface area contributed by atoms with Crippen LogP contribution in [0.5, 0.6) is 0 Å². The van der Waals surface area contributed by atoms with Gasteiger partial charge in [0, 0.05) is 18.3 Å². The minimum atomic E-state index is -0.0141. The van der Waals surface area contributed by atoms with E-state index in [-0.39, 0.29) is 11.9 Å². The molecule has 3 N–H and O–H groups in total. The Balaban J connectivity index is 1.61. The molecule has 3 rings (SSSR count). The van der Waals surface area contributed by atoms with Crippen molar-refractivity contribution >= 4 is 11.6 Å². The summed E-state index contributed by atoms with van der Waals surface area (Å²) >= 11 is 0. The van der Waals surface area contributed by atoms with E-state index in [0.717, 1.165) is 31.6 Å². The van der Waals surface area contributed by atoms with E-state index in [1.54, 1.807) is 0 Å². The summed E-state index contributed by atoms with van der Waals surface area (Å²) in [7, 11) is 0. The highest BCUT2D eigenvalue weighted by atomic mass is 16.2. The fourth-order valence-electron chi connectivity index (χ4n) is 2.23. The third kappa shape index (κ3) is 2.48. The number of rotatable bonds is 3. The first-order valence-corrected chi connectivity index (χ1v) is 6.20. The van der Waals surface area contributed by atoms with Crippen LogP contribution >= 0.6 is 0 Å². The standard InChI is InChI=1S/C13H17N3O/c17-13(11-2-1-7-14-11)16-10-5-3-9(4-6-10)12-8-15-12/h3-6,11-12,14-15H,1-2,7-8H2,(H,16,17)/t11-,12?/m1/s1. The molecule has 1 aromatic rings. The Morgan fingerprint density at radius 2 is 2.00 bits per heavy atom. The fourth-order valence-corrected chi connectivity index (χ4v) is 2.23. The van der Waals surface area contributed by atoms with Gasteiger partial charge in [-0.2, -0.15) is 0 Å². The van der Waals surface area contributed by atoms with Crippen LogP contribution in [0.2, 0.25) is 0 Å². The lowest BCUT2D eigenvalue weighted by Gasteiger charge is -2.11. The molecule has 0 aromatic heterocycles. The molecule has 0 bridgehead atoms. The van der Waals surface area contributed by atoms with Crippen LogP contribution in [0.1, 0.15) is 24.4 Å². The summed E-state index contributed by atoms with van der Waals surface area (Å²) in [5.41, 5.74) is 2.18. The molecule has 4 nitrogen and oxygen atoms in total. The molecule has 2 atom stereocenters. The molecule has 2 aliphatic heterocycles. The first kappa shape index (κ1) is 10.7. The third-order valence-electron chi connectivity index (χ3n) is 3.37. The highest BCUT2D eigenvalue weighted by molar-refractivity contribution is 5.95. The van der Waals surface area contributed by atoms with Crippen LogP contribution in [-0.2, 0) is 4.79 Å². The third-order valence-corrected chi connectivity index (χ3v) is 3.37. The lowest BCUT2D eigenvalue weighted by Crippen LogP contribution is -2.35. The van der Waals surface area contributed by atoms with Gasteiger partial charge in [0.05, 0.1) is 6.04 Å². The zero-order valence-electron chi connectivity index (χ0n) is 9.70. The van der Waals surface area contributed by atoms with Gasteiger partial charge in [-0.25, -0.2) is 0 Å². The summed E-state index contributed by atoms with van der Waals surface area (Å²) in [6.45, 7) is 2.02. The van der Waals surface area contributed by atoms with Crippen molar-refractivity contribution in [3.63, 3.8) is 0 Å². The molecule has 0 radical (unpaired) electrons. The van der Waals surface area contributed by atoms with Crippen LogP contribution in [0, 0.1) is 0 Å². The summed E-state index contributed by atoms with van der Waals surface area (Å²) in [5, 5.41) is 9.40. The molecule has 17 heavy (non-hydrogen) atoms. The van der Waals surface area contributed by atoms with Crippen LogP contribution in [0.25, 0.3) is 0 Å². The quantitative estimate of drug-likeness (QED) is 0.681. The van der Waals surface area contributed by atoms with Gasteiger partial charge in [-0.1, -0.05) is 12.1 Å². The highest BCUT2D eigenvalue weighted by Crippen LogP contribution is 2.22. The van der Waals surface area contributed by atoms with Gasteiger partial charge in [0.25, 0.3) is 0 Å². The second-order valence-corrected chi connectivity index (χ2v) is 4.72. The van der Waals surface area contributed by atoms with E-state index < -0.39 is 0 Å². The van der Waals surface area contributed by atoms with Gasteiger partial charge in [-0.05, 0) is 37.1 Å². The van der Waals surface area contributed by atoms with Gasteiger partial charge >= 0.3 is 0 Å². The average Bonchev–Trinajstić information content (AvgIpc) is 3.05. The normalized spacial score (nSPS) is 26.8. The maximum Gasteiger partial charge on any atom is 0.241 e. The monoisotopic (exact) mass is 231 g/mol. The van der Waals surface area contributed by atoms with Crippen molar-refractivity contribution in [2.24, 2.45) is 0 Å². The van der Waals surface area contributed by atoms with E-state index >= 15 is 0 Å². The zero-order chi connectivity index (χ0) is 11.7. The van der Waals surface area contributed by atoms with Crippen molar-refractivity contribution in [1.29, 1.82) is 0 Å². The van der Waals surface area contributed by atoms with Crippen LogP contribution < -0.4 is 16.0 Å². The molecule has 0 aliphatic carbocycles. The Hall–Kier alpha value is -1.39. The number of nitrogens with one attached hydrogen (secondary N) is 3. The smallest absolute Gasteiger partial charge is 0.241 e. The van der Waals surface area contributed by atoms with E-state index in [2.05, 4.69) is 28.1 Å². The summed E-state index contributed by atoms with van der Waals surface area (Å²) < 4.78 is 0. The van der Waals surface area contributed by atoms with E-state index in [0.29, 0.717) is 6.04 Å². The molecule has 90 valence electrons. The first-order valence-electron chi connectivity index (χ1n) is 6.20. The van der Waals surface area contributed by atoms with Crippen molar-refractivity contribution in [1.82, 2.24) is 10.6 Å². The van der Waals surface area contributed by atoms with Crippen LogP contribution in [-0.4, -0.2) is 25.0 Å². The maximum absolute atomic E-state index is 11.9. The van der Waals surface area contributed by atoms with E-state index in [4.69, 9.17) is 0 Å². The average molecular weight is 231 g/mol. The number of carbonyl (C=O) groups excluding carboxylic acids is 1. The van der Waals surface area contributed by atoms with Crippen molar-refractivity contribution < 1.29 is 4.79 Å². The molecule has 0 saturated carbocycles. The van der Waals surface area contributed by atoms with Crippen LogP contribution in [0.4, 0.5) is 5.69 Å². The summed E-state index contributed by atoms with van der Waals surface area (Å²) in [6, 6.07) is 8.60. The first-order chi connectivity index (χ1) is 8.33. The summed E-state index contributed by atoms with van der Waals surface area (Å²) in [5.74, 6) is 0.0831. The minimum Gasteiger partial charge on any atom is -0.325 e. The molecule has 1 unspecified atom stereocenters. The lowest BCUT2D eigenvalue weighted by molar-refractivity contribution is -0.117. The molecule has 2 aliphatic rings. The Morgan fingerprint density at radius 1 is 1.24 bits per heavy atom. The Bertz CT molecular complexity index is 405. The highest BCUT2D eigenvalue weighted by Gasteiger charge is 2.23. The summed E-state index contributed by atoms with van der Waals surface area (Å²) in [6.07, 6.45) is 2.03. The second-order valence-electron chi connectivity index (χ2n) is 4.72. The van der Waals surface area contributed by atoms with Crippen molar-refractivity contribution in [2.75, 3.05) is 18.4 Å². The van der Waals surface area contributed by atoms with Gasteiger partial charge < -0.3 is 16.0 Å². The molecular weight excluding hydrogens is 214 g/mol. The maximum atomic E-state index is 11.9. The molecule has 2 heterocycles. The molecule has 2 fully saturated rings. The van der Waals surface area contributed by atoms with Gasteiger partial charge in [0.15, 0.2) is 0 Å². The summed E-state index contributed by atoms with van der Waals surface area (Å²) in [4.78, 5) is 11.9. The van der Waals surface area contributed by atoms with Crippen molar-refractivity contribution in [2.45, 2.75) is 24.9 Å². The molecule has 1 aromatic carbocycles. The fraction of sp³-hybridized carbons (Fsp3) is 0.462. The second kappa shape index (κ2) is 4.47. The predicted molar refractivity (Wildman–Crippen MR) is 66.8 cm³/mol. The number of anilines is 1. The van der Waals surface area contributed by atoms with Gasteiger partial charge in [-0.15, -0.1) is 0 Å². The van der Waals surface area contributed by atoms with Gasteiger partial charge in [0.2, 0.25) is 5.91 Å². The molecule has 0 spiro atoms. The Kier molecular flexibility index (Phi) is 2.82. The van der Waals surface area contributed by atoms with E-state index in [1.165, 1.54) is 5.56 Å². The molecular formula is C13H17N3O. The molecule has 1 amide bonds. The number of carbonyl (C=O) groups is 1. The topological polar surface area (TPSA) is 63.1 Å². The van der Waals surface area contributed by atoms with Gasteiger partial charge in [-0.3, -0.25) is 4.79 Å². The van der Waals surface area contributed by atoms with Crippen molar-refractivity contribution in [3.05, 3.63) is 29.8 Å². The van der Waals surface area contributed by atoms with E-state index in [9.17, 15) is 4.79 Å². The zero-order valence-corrected chi connectivity index (χ0v) is 9.70. The number of amides is 1. The van der Waals surface area contributed by atoms with Gasteiger partial charge in [0.1, 0.15) is 0 Å². The number of benzene rings is 1. The van der Waals surface area contributed by atoms with Crippen molar-refractivity contribution in [3.8, 4) is 0 Å². The SMILES string of the molecule is O=C(Nc1ccc(C2CN2)cc1)[C@H]1CCCN1. The van der Waals surface area contributed by atoms with E-state index in [1.807, 2.05) is 12.1 Å². The number of hydrogen-bond acceptors (Lipinski definition) is 3. The minimum absolute atomic E-state index is 0.0141. The molecule has 4 heteroatoms. The Labute approximate surface area is 101 Å². The Morgan fingerprint density at radius 3 is 2.59 bits per heavy atom. The lowest BCUT2D eigenvalue weighted by atomic mass is 10.1. The predicted octanol–water partition coefficient (Wildman–Crippen LogP) is 1.02.